The van der Waals surface area contributed by atoms with Crippen molar-refractivity contribution in [1.82, 2.24) is 4.98 Å². The lowest BCUT2D eigenvalue weighted by Gasteiger charge is -2.07. The van der Waals surface area contributed by atoms with Gasteiger partial charge in [-0.2, -0.15) is 0 Å². The molecule has 0 saturated carbocycles. The molecule has 0 atom stereocenters. The first kappa shape index (κ1) is 12.9. The summed E-state index contributed by atoms with van der Waals surface area (Å²) in [4.78, 5) is 14.8. The van der Waals surface area contributed by atoms with Crippen LogP contribution in [0.5, 0.6) is 11.6 Å². The molecule has 0 aliphatic heterocycles. The van der Waals surface area contributed by atoms with Gasteiger partial charge in [-0.25, -0.2) is 9.78 Å². The molecule has 0 spiro atoms. The molecule has 0 aliphatic rings. The topological polar surface area (TPSA) is 59.4 Å². The van der Waals surface area contributed by atoms with Crippen LogP contribution in [0.1, 0.15) is 10.4 Å². The van der Waals surface area contributed by atoms with E-state index in [0.29, 0.717) is 11.6 Å². The number of hydrogen-bond donors (Lipinski definition) is 1. The Morgan fingerprint density at radius 1 is 1.33 bits per heavy atom. The number of pyridine rings is 1. The number of carboxylic acid groups (broad SMARTS) is 1. The first-order chi connectivity index (χ1) is 8.56. The van der Waals surface area contributed by atoms with Crippen LogP contribution in [0.3, 0.4) is 0 Å². The summed E-state index contributed by atoms with van der Waals surface area (Å²) >= 11 is 9.19. The Labute approximate surface area is 116 Å². The summed E-state index contributed by atoms with van der Waals surface area (Å²) in [6.07, 6.45) is 1.59. The second-order valence-corrected chi connectivity index (χ2v) is 4.69. The number of halogens is 2. The molecule has 1 aromatic carbocycles. The van der Waals surface area contributed by atoms with Gasteiger partial charge < -0.3 is 9.84 Å². The van der Waals surface area contributed by atoms with Gasteiger partial charge in [0.15, 0.2) is 0 Å². The second-order valence-electron chi connectivity index (χ2n) is 3.37. The van der Waals surface area contributed by atoms with E-state index < -0.39 is 5.97 Å². The maximum absolute atomic E-state index is 10.7. The van der Waals surface area contributed by atoms with Crippen LogP contribution in [-0.2, 0) is 0 Å². The zero-order valence-electron chi connectivity index (χ0n) is 8.93. The highest BCUT2D eigenvalue weighted by molar-refractivity contribution is 9.10. The van der Waals surface area contributed by atoms with E-state index in [4.69, 9.17) is 21.4 Å². The van der Waals surface area contributed by atoms with Gasteiger partial charge in [-0.05, 0) is 40.2 Å². The summed E-state index contributed by atoms with van der Waals surface area (Å²) in [5.41, 5.74) is 0.108. The van der Waals surface area contributed by atoms with Crippen molar-refractivity contribution in [3.05, 3.63) is 51.6 Å². The minimum Gasteiger partial charge on any atom is -0.478 e. The summed E-state index contributed by atoms with van der Waals surface area (Å²) < 4.78 is 6.28. The highest BCUT2D eigenvalue weighted by Gasteiger charge is 2.09. The monoisotopic (exact) mass is 327 g/mol. The number of ether oxygens (including phenoxy) is 1. The van der Waals surface area contributed by atoms with Gasteiger partial charge in [0.25, 0.3) is 0 Å². The molecule has 6 heteroatoms. The van der Waals surface area contributed by atoms with Gasteiger partial charge in [-0.1, -0.05) is 11.6 Å². The minimum atomic E-state index is -1.04. The van der Waals surface area contributed by atoms with Gasteiger partial charge in [0.1, 0.15) is 5.75 Å². The van der Waals surface area contributed by atoms with Crippen LogP contribution in [-0.4, -0.2) is 16.1 Å². The van der Waals surface area contributed by atoms with Crippen LogP contribution in [0.25, 0.3) is 0 Å². The van der Waals surface area contributed by atoms with E-state index in [1.165, 1.54) is 18.2 Å². The third kappa shape index (κ3) is 3.00. The molecule has 0 amide bonds. The second kappa shape index (κ2) is 5.37. The summed E-state index contributed by atoms with van der Waals surface area (Å²) in [7, 11) is 0. The van der Waals surface area contributed by atoms with Crippen molar-refractivity contribution in [3.8, 4) is 11.6 Å². The first-order valence-corrected chi connectivity index (χ1v) is 6.05. The fourth-order valence-corrected chi connectivity index (χ4v) is 1.71. The minimum absolute atomic E-state index is 0.108. The number of aromatic carboxylic acids is 1. The number of benzene rings is 1. The fourth-order valence-electron chi connectivity index (χ4n) is 1.25. The molecule has 1 N–H and O–H groups in total. The van der Waals surface area contributed by atoms with Crippen LogP contribution in [0.4, 0.5) is 0 Å². The van der Waals surface area contributed by atoms with Crippen molar-refractivity contribution in [2.75, 3.05) is 0 Å². The van der Waals surface area contributed by atoms with E-state index in [0.717, 1.165) is 4.47 Å². The Bertz CT molecular complexity index is 586. The van der Waals surface area contributed by atoms with Crippen LogP contribution < -0.4 is 4.74 Å². The lowest BCUT2D eigenvalue weighted by molar-refractivity contribution is 0.0697. The molecular formula is C12H7BrClNO3. The number of nitrogens with zero attached hydrogens (tertiary/aromatic N) is 1. The average Bonchev–Trinajstić information content (AvgIpc) is 2.34. The molecule has 0 aliphatic carbocycles. The maximum atomic E-state index is 10.7. The molecule has 2 aromatic rings. The van der Waals surface area contributed by atoms with Gasteiger partial charge in [0.05, 0.1) is 10.6 Å². The van der Waals surface area contributed by atoms with Gasteiger partial charge in [-0.15, -0.1) is 0 Å². The van der Waals surface area contributed by atoms with Gasteiger partial charge in [0.2, 0.25) is 5.88 Å². The molecule has 4 nitrogen and oxygen atoms in total. The average molecular weight is 329 g/mol. The Kier molecular flexibility index (Phi) is 3.84. The van der Waals surface area contributed by atoms with Crippen LogP contribution in [0.2, 0.25) is 5.02 Å². The number of carbonyl (C=O) groups is 1. The summed E-state index contributed by atoms with van der Waals surface area (Å²) in [6, 6.07) is 7.70. The van der Waals surface area contributed by atoms with Crippen molar-refractivity contribution in [2.24, 2.45) is 0 Å². The summed E-state index contributed by atoms with van der Waals surface area (Å²) in [6.45, 7) is 0. The molecule has 1 heterocycles. The molecule has 0 bridgehead atoms. The molecule has 18 heavy (non-hydrogen) atoms. The highest BCUT2D eigenvalue weighted by Crippen LogP contribution is 2.29. The predicted molar refractivity (Wildman–Crippen MR) is 70.4 cm³/mol. The Hall–Kier alpha value is -1.59. The van der Waals surface area contributed by atoms with Crippen molar-refractivity contribution in [1.29, 1.82) is 0 Å². The zero-order valence-corrected chi connectivity index (χ0v) is 11.3. The lowest BCUT2D eigenvalue weighted by atomic mass is 10.2. The van der Waals surface area contributed by atoms with E-state index in [1.54, 1.807) is 18.3 Å². The van der Waals surface area contributed by atoms with Crippen molar-refractivity contribution in [2.45, 2.75) is 0 Å². The van der Waals surface area contributed by atoms with Crippen molar-refractivity contribution < 1.29 is 14.6 Å². The fraction of sp³-hybridized carbons (Fsp3) is 0. The predicted octanol–water partition coefficient (Wildman–Crippen LogP) is 3.99. The van der Waals surface area contributed by atoms with E-state index in [1.807, 2.05) is 0 Å². The molecule has 92 valence electrons. The quantitative estimate of drug-likeness (QED) is 0.925. The van der Waals surface area contributed by atoms with Crippen LogP contribution in [0, 0.1) is 0 Å². The molecule has 0 fully saturated rings. The number of aromatic nitrogens is 1. The van der Waals surface area contributed by atoms with Crippen molar-refractivity contribution in [3.63, 3.8) is 0 Å². The van der Waals surface area contributed by atoms with E-state index in [9.17, 15) is 4.79 Å². The summed E-state index contributed by atoms with van der Waals surface area (Å²) in [5.74, 6) is -0.301. The van der Waals surface area contributed by atoms with Gasteiger partial charge >= 0.3 is 5.97 Å². The van der Waals surface area contributed by atoms with Crippen molar-refractivity contribution >= 4 is 33.5 Å². The molecule has 0 unspecified atom stereocenters. The number of rotatable bonds is 3. The van der Waals surface area contributed by atoms with E-state index >= 15 is 0 Å². The van der Waals surface area contributed by atoms with Gasteiger partial charge in [0, 0.05) is 16.7 Å². The molecular weight excluding hydrogens is 321 g/mol. The Balaban J connectivity index is 2.24. The zero-order chi connectivity index (χ0) is 13.1. The van der Waals surface area contributed by atoms with E-state index in [-0.39, 0.29) is 10.6 Å². The molecule has 1 aromatic heterocycles. The molecule has 0 saturated heterocycles. The lowest BCUT2D eigenvalue weighted by Crippen LogP contribution is -1.96. The standard InChI is InChI=1S/C12H7BrClNO3/c13-8-2-4-11(15-6-8)18-10-3-1-7(12(16)17)5-9(10)14/h1-6H,(H,16,17). The Morgan fingerprint density at radius 2 is 2.11 bits per heavy atom. The largest absolute Gasteiger partial charge is 0.478 e. The SMILES string of the molecule is O=C(O)c1ccc(Oc2ccc(Br)cn2)c(Cl)c1. The van der Waals surface area contributed by atoms with E-state index in [2.05, 4.69) is 20.9 Å². The van der Waals surface area contributed by atoms with Crippen LogP contribution in [0.15, 0.2) is 41.0 Å². The van der Waals surface area contributed by atoms with Crippen LogP contribution >= 0.6 is 27.5 Å². The number of hydrogen-bond acceptors (Lipinski definition) is 3. The molecule has 2 rings (SSSR count). The normalized spacial score (nSPS) is 10.1. The number of carboxylic acids is 1. The Morgan fingerprint density at radius 3 is 2.67 bits per heavy atom. The highest BCUT2D eigenvalue weighted by atomic mass is 79.9. The third-order valence-corrected chi connectivity index (χ3v) is 2.86. The first-order valence-electron chi connectivity index (χ1n) is 4.88. The summed E-state index contributed by atoms with van der Waals surface area (Å²) in [5, 5.41) is 9.03. The molecule has 0 radical (unpaired) electrons. The maximum Gasteiger partial charge on any atom is 0.335 e. The van der Waals surface area contributed by atoms with Gasteiger partial charge in [-0.3, -0.25) is 0 Å². The third-order valence-electron chi connectivity index (χ3n) is 2.09. The smallest absolute Gasteiger partial charge is 0.335 e.